The van der Waals surface area contributed by atoms with E-state index in [1.807, 2.05) is 36.4 Å². The molecular formula is C84H57N4OPSi. The lowest BCUT2D eigenvalue weighted by Gasteiger charge is -2.38. The van der Waals surface area contributed by atoms with Gasteiger partial charge in [0, 0.05) is 81.8 Å². The van der Waals surface area contributed by atoms with Gasteiger partial charge < -0.3 is 22.8 Å². The van der Waals surface area contributed by atoms with E-state index in [1.54, 1.807) is 0 Å². The maximum Gasteiger partial charge on any atom is 0.180 e. The van der Waals surface area contributed by atoms with Gasteiger partial charge >= 0.3 is 0 Å². The molecule has 7 heteroatoms. The Morgan fingerprint density at radius 2 is 0.451 bits per heavy atom. The van der Waals surface area contributed by atoms with Crippen molar-refractivity contribution in [1.82, 2.24) is 18.3 Å². The van der Waals surface area contributed by atoms with Gasteiger partial charge in [-0.15, -0.1) is 0 Å². The predicted molar refractivity (Wildman–Crippen MR) is 387 cm³/mol. The van der Waals surface area contributed by atoms with E-state index in [2.05, 4.69) is 328 Å². The van der Waals surface area contributed by atoms with Gasteiger partial charge in [-0.05, 0) is 106 Å². The van der Waals surface area contributed by atoms with Crippen LogP contribution >= 0.6 is 7.14 Å². The zero-order chi connectivity index (χ0) is 60.2. The van der Waals surface area contributed by atoms with Gasteiger partial charge in [-0.25, -0.2) is 0 Å². The lowest BCUT2D eigenvalue weighted by Crippen LogP contribution is -2.77. The fourth-order valence-corrected chi connectivity index (χ4v) is 24.0. The van der Waals surface area contributed by atoms with E-state index < -0.39 is 15.2 Å². The number of para-hydroxylation sites is 8. The molecule has 0 fully saturated rings. The summed E-state index contributed by atoms with van der Waals surface area (Å²) in [6, 6.07) is 126. The number of hydrogen-bond donors (Lipinski definition) is 0. The van der Waals surface area contributed by atoms with Crippen LogP contribution in [0, 0.1) is 0 Å². The molecule has 18 aromatic rings. The number of nitrogens with zero attached hydrogens (tertiary/aromatic N) is 4. The highest BCUT2D eigenvalue weighted by molar-refractivity contribution is 7.86. The monoisotopic (exact) mass is 1200 g/mol. The first-order chi connectivity index (χ1) is 45.1. The van der Waals surface area contributed by atoms with Crippen LogP contribution in [-0.4, -0.2) is 26.3 Å². The van der Waals surface area contributed by atoms with Gasteiger partial charge in [0.1, 0.15) is 0 Å². The Kier molecular flexibility index (Phi) is 12.2. The molecule has 428 valence electrons. The summed E-state index contributed by atoms with van der Waals surface area (Å²) in [5.74, 6) is 0. The molecule has 0 radical (unpaired) electrons. The van der Waals surface area contributed by atoms with Gasteiger partial charge in [0.25, 0.3) is 0 Å². The summed E-state index contributed by atoms with van der Waals surface area (Å²) in [5, 5.41) is 16.3. The number of fused-ring (bicyclic) bond motifs is 12. The molecule has 0 aliphatic rings. The third kappa shape index (κ3) is 7.93. The number of benzene rings is 14. The number of rotatable bonds is 11. The lowest BCUT2D eigenvalue weighted by atomic mass is 10.2. The molecule has 0 bridgehead atoms. The normalized spacial score (nSPS) is 12.2. The van der Waals surface area contributed by atoms with Crippen LogP contribution in [0.2, 0.25) is 0 Å². The third-order valence-corrected chi connectivity index (χ3v) is 27.2. The highest BCUT2D eigenvalue weighted by atomic mass is 31.2. The molecule has 0 atom stereocenters. The minimum atomic E-state index is -4.06. The zero-order valence-electron chi connectivity index (χ0n) is 49.6. The van der Waals surface area contributed by atoms with Crippen LogP contribution in [0.4, 0.5) is 0 Å². The molecule has 0 N–H and O–H groups in total. The summed E-state index contributed by atoms with van der Waals surface area (Å²) in [6.45, 7) is 0. The van der Waals surface area contributed by atoms with E-state index >= 15 is 4.57 Å². The van der Waals surface area contributed by atoms with Crippen LogP contribution in [0.15, 0.2) is 346 Å². The van der Waals surface area contributed by atoms with Crippen LogP contribution in [0.5, 0.6) is 0 Å². The fraction of sp³-hybridized carbons (Fsp3) is 0. The van der Waals surface area contributed by atoms with Crippen molar-refractivity contribution in [2.45, 2.75) is 0 Å². The molecule has 91 heavy (non-hydrogen) atoms. The molecule has 18 rings (SSSR count). The third-order valence-electron chi connectivity index (χ3n) is 19.1. The van der Waals surface area contributed by atoms with Gasteiger partial charge in [0.2, 0.25) is 0 Å². The standard InChI is InChI=1S/C84H57N4OPSi/c89-90(62-28-4-1-5-29-62,63-30-6-2-7-31-63)83-50-26-27-51-84(83)91(64-32-8-3-9-33-64,65-54-58(85-75-42-18-10-34-67(75)68-35-11-19-43-76(68)85)52-59(55-65)86-77-44-20-12-36-69(77)70-37-13-21-45-78(70)86)66-56-60(87-79-46-22-14-38-71(79)72-39-15-23-47-80(72)87)53-61(57-66)88-81-48-24-16-40-73(81)74-41-17-25-49-82(74)88/h1-57H. The number of aromatic nitrogens is 4. The topological polar surface area (TPSA) is 36.8 Å². The lowest BCUT2D eigenvalue weighted by molar-refractivity contribution is 0.592. The van der Waals surface area contributed by atoms with Gasteiger partial charge in [0.05, 0.1) is 44.1 Å². The van der Waals surface area contributed by atoms with E-state index in [0.29, 0.717) is 0 Å². The highest BCUT2D eigenvalue weighted by Crippen LogP contribution is 2.44. The van der Waals surface area contributed by atoms with Gasteiger partial charge in [-0.3, -0.25) is 0 Å². The van der Waals surface area contributed by atoms with E-state index in [4.69, 9.17) is 0 Å². The summed E-state index contributed by atoms with van der Waals surface area (Å²) in [5.41, 5.74) is 13.0. The van der Waals surface area contributed by atoms with Crippen LogP contribution < -0.4 is 36.7 Å². The van der Waals surface area contributed by atoms with E-state index in [1.165, 1.54) is 43.1 Å². The summed E-state index contributed by atoms with van der Waals surface area (Å²) >= 11 is 0. The first kappa shape index (κ1) is 52.8. The Hall–Kier alpha value is -11.3. The molecule has 0 spiro atoms. The van der Waals surface area contributed by atoms with Crippen molar-refractivity contribution in [2.24, 2.45) is 0 Å². The predicted octanol–water partition coefficient (Wildman–Crippen LogP) is 17.1. The second-order valence-corrected chi connectivity index (χ2v) is 30.4. The van der Waals surface area contributed by atoms with Crippen LogP contribution in [-0.2, 0) is 4.57 Å². The average molecular weight is 1200 g/mol. The summed E-state index contributed by atoms with van der Waals surface area (Å²) in [7, 11) is -7.82. The molecule has 0 aliphatic heterocycles. The van der Waals surface area contributed by atoms with Crippen molar-refractivity contribution in [3.63, 3.8) is 0 Å². The Morgan fingerprint density at radius 3 is 0.736 bits per heavy atom. The smallest absolute Gasteiger partial charge is 0.180 e. The van der Waals surface area contributed by atoms with Crippen LogP contribution in [0.1, 0.15) is 0 Å². The Labute approximate surface area is 527 Å². The van der Waals surface area contributed by atoms with Crippen molar-refractivity contribution in [1.29, 1.82) is 0 Å². The first-order valence-electron chi connectivity index (χ1n) is 31.2. The minimum Gasteiger partial charge on any atom is -0.309 e. The van der Waals surface area contributed by atoms with Crippen molar-refractivity contribution in [3.8, 4) is 22.7 Å². The SMILES string of the molecule is O=P(c1ccccc1)(c1ccccc1)c1ccccc1[Si](c1ccccc1)(c1cc(-n2c3ccccc3c3ccccc32)cc(-n2c3ccccc3c3ccccc32)c1)c1cc(-n2c3ccccc3c3ccccc32)cc(-n2c3ccccc3c3ccccc32)c1. The van der Waals surface area contributed by atoms with Crippen molar-refractivity contribution >= 4 is 139 Å². The first-order valence-corrected chi connectivity index (χ1v) is 34.9. The average Bonchev–Trinajstić information content (AvgIpc) is 1.73. The van der Waals surface area contributed by atoms with Gasteiger partial charge in [-0.1, -0.05) is 261 Å². The molecule has 4 heterocycles. The zero-order valence-corrected chi connectivity index (χ0v) is 51.4. The Bertz CT molecular complexity index is 5160. The van der Waals surface area contributed by atoms with Gasteiger partial charge in [-0.2, -0.15) is 0 Å². The fourth-order valence-electron chi connectivity index (χ4n) is 15.4. The molecule has 0 unspecified atom stereocenters. The van der Waals surface area contributed by atoms with E-state index in [9.17, 15) is 0 Å². The number of hydrogen-bond acceptors (Lipinski definition) is 1. The molecule has 0 saturated carbocycles. The molecular weight excluding hydrogens is 1140 g/mol. The minimum absolute atomic E-state index is 0.777. The maximum absolute atomic E-state index is 18.0. The van der Waals surface area contributed by atoms with E-state index in [-0.39, 0.29) is 0 Å². The molecule has 0 saturated heterocycles. The van der Waals surface area contributed by atoms with Crippen LogP contribution in [0.3, 0.4) is 0 Å². The Balaban J connectivity index is 1.08. The largest absolute Gasteiger partial charge is 0.309 e. The summed E-state index contributed by atoms with van der Waals surface area (Å²) < 4.78 is 27.9. The molecule has 5 nitrogen and oxygen atoms in total. The second kappa shape index (κ2) is 20.9. The van der Waals surface area contributed by atoms with Crippen molar-refractivity contribution in [2.75, 3.05) is 0 Å². The van der Waals surface area contributed by atoms with Crippen molar-refractivity contribution < 1.29 is 4.57 Å². The van der Waals surface area contributed by atoms with Gasteiger partial charge in [0.15, 0.2) is 15.2 Å². The summed E-state index contributed by atoms with van der Waals surface area (Å²) in [6.07, 6.45) is 0. The molecule has 4 aromatic heterocycles. The Morgan fingerprint density at radius 1 is 0.220 bits per heavy atom. The van der Waals surface area contributed by atoms with Crippen molar-refractivity contribution in [3.05, 3.63) is 346 Å². The van der Waals surface area contributed by atoms with Crippen LogP contribution in [0.25, 0.3) is 110 Å². The second-order valence-electron chi connectivity index (χ2n) is 23.9. The quantitative estimate of drug-likeness (QED) is 0.0722. The molecule has 0 amide bonds. The van der Waals surface area contributed by atoms with E-state index in [0.717, 1.165) is 104 Å². The highest BCUT2D eigenvalue weighted by Gasteiger charge is 2.47. The maximum atomic E-state index is 18.0. The molecule has 14 aromatic carbocycles. The summed E-state index contributed by atoms with van der Waals surface area (Å²) in [4.78, 5) is 0. The molecule has 0 aliphatic carbocycles.